The summed E-state index contributed by atoms with van der Waals surface area (Å²) in [6.45, 7) is 3.39. The summed E-state index contributed by atoms with van der Waals surface area (Å²) in [5.74, 6) is -1.17. The molecule has 0 radical (unpaired) electrons. The molecule has 0 aliphatic rings. The Balaban J connectivity index is 2.57. The Morgan fingerprint density at radius 3 is 2.94 bits per heavy atom. The smallest absolute Gasteiger partial charge is 0.408 e. The first-order valence-electron chi connectivity index (χ1n) is 5.15. The molecule has 0 bridgehead atoms. The monoisotopic (exact) mass is 254 g/mol. The van der Waals surface area contributed by atoms with Gasteiger partial charge in [-0.15, -0.1) is 5.10 Å². The van der Waals surface area contributed by atoms with Gasteiger partial charge in [0.2, 0.25) is 0 Å². The lowest BCUT2D eigenvalue weighted by Crippen LogP contribution is -2.42. The topological polar surface area (TPSA) is 106 Å². The van der Waals surface area contributed by atoms with Crippen molar-refractivity contribution in [1.29, 1.82) is 0 Å². The number of rotatable bonds is 6. The predicted octanol–water partition coefficient (Wildman–Crippen LogP) is -0.277. The fraction of sp³-hybridized carbons (Fsp3) is 0.400. The van der Waals surface area contributed by atoms with Gasteiger partial charge in [0.1, 0.15) is 12.6 Å². The number of hydrogen-bond donors (Lipinski definition) is 2. The summed E-state index contributed by atoms with van der Waals surface area (Å²) in [6, 6.07) is -1.11. The fourth-order valence-corrected chi connectivity index (χ4v) is 1.22. The molecule has 18 heavy (non-hydrogen) atoms. The Hall–Kier alpha value is -2.38. The first kappa shape index (κ1) is 13.7. The highest BCUT2D eigenvalue weighted by atomic mass is 16.5. The van der Waals surface area contributed by atoms with E-state index in [4.69, 9.17) is 5.11 Å². The number of carboxylic acids is 1. The molecule has 1 atom stereocenters. The van der Waals surface area contributed by atoms with Crippen LogP contribution < -0.4 is 5.32 Å². The molecule has 1 amide bonds. The van der Waals surface area contributed by atoms with Crippen molar-refractivity contribution in [2.45, 2.75) is 12.5 Å². The van der Waals surface area contributed by atoms with E-state index in [1.54, 1.807) is 13.2 Å². The summed E-state index contributed by atoms with van der Waals surface area (Å²) in [7, 11) is 1.66. The van der Waals surface area contributed by atoms with E-state index in [9.17, 15) is 9.59 Å². The van der Waals surface area contributed by atoms with Crippen molar-refractivity contribution in [3.05, 3.63) is 24.5 Å². The molecule has 1 aromatic rings. The van der Waals surface area contributed by atoms with E-state index in [2.05, 4.69) is 26.9 Å². The highest BCUT2D eigenvalue weighted by Gasteiger charge is 2.22. The summed E-state index contributed by atoms with van der Waals surface area (Å²) in [4.78, 5) is 22.2. The van der Waals surface area contributed by atoms with Crippen molar-refractivity contribution in [3.63, 3.8) is 0 Å². The van der Waals surface area contributed by atoms with Gasteiger partial charge in [0.05, 0.1) is 5.69 Å². The zero-order chi connectivity index (χ0) is 13.5. The second-order valence-electron chi connectivity index (χ2n) is 3.51. The van der Waals surface area contributed by atoms with Crippen LogP contribution in [0.3, 0.4) is 0 Å². The van der Waals surface area contributed by atoms with Crippen molar-refractivity contribution in [2.75, 3.05) is 6.61 Å². The van der Waals surface area contributed by atoms with Crippen LogP contribution in [-0.2, 0) is 23.0 Å². The third kappa shape index (κ3) is 4.24. The standard InChI is InChI=1S/C10H14N4O4/c1-3-4-18-10(17)11-8(9(15)16)5-7-6-14(2)13-12-7/h3,6,8H,1,4-5H2,2H3,(H,11,17)(H,15,16). The zero-order valence-electron chi connectivity index (χ0n) is 9.87. The van der Waals surface area contributed by atoms with E-state index in [0.29, 0.717) is 5.69 Å². The number of aryl methyl sites for hydroxylation is 1. The molecule has 98 valence electrons. The Morgan fingerprint density at radius 1 is 1.72 bits per heavy atom. The van der Waals surface area contributed by atoms with Crippen LogP contribution in [0.4, 0.5) is 4.79 Å². The molecule has 0 aliphatic carbocycles. The lowest BCUT2D eigenvalue weighted by Gasteiger charge is -2.12. The van der Waals surface area contributed by atoms with Crippen molar-refractivity contribution in [3.8, 4) is 0 Å². The summed E-state index contributed by atoms with van der Waals surface area (Å²) in [5, 5.41) is 18.6. The van der Waals surface area contributed by atoms with Gasteiger partial charge in [-0.25, -0.2) is 9.59 Å². The van der Waals surface area contributed by atoms with Crippen LogP contribution in [0.25, 0.3) is 0 Å². The maximum atomic E-state index is 11.2. The number of nitrogens with one attached hydrogen (secondary N) is 1. The highest BCUT2D eigenvalue weighted by Crippen LogP contribution is 1.99. The normalized spacial score (nSPS) is 11.6. The third-order valence-corrected chi connectivity index (χ3v) is 1.99. The minimum atomic E-state index is -1.17. The summed E-state index contributed by atoms with van der Waals surface area (Å²) in [6.07, 6.45) is 2.18. The van der Waals surface area contributed by atoms with Gasteiger partial charge >= 0.3 is 12.1 Å². The first-order chi connectivity index (χ1) is 8.52. The van der Waals surface area contributed by atoms with Crippen LogP contribution in [0.1, 0.15) is 5.69 Å². The van der Waals surface area contributed by atoms with Gasteiger partial charge in [0.15, 0.2) is 0 Å². The number of ether oxygens (including phenoxy) is 1. The molecule has 2 N–H and O–H groups in total. The maximum Gasteiger partial charge on any atom is 0.408 e. The number of aliphatic carboxylic acids is 1. The zero-order valence-corrected chi connectivity index (χ0v) is 9.87. The third-order valence-electron chi connectivity index (χ3n) is 1.99. The van der Waals surface area contributed by atoms with E-state index in [1.165, 1.54) is 10.8 Å². The van der Waals surface area contributed by atoms with Crippen molar-refractivity contribution in [2.24, 2.45) is 7.05 Å². The first-order valence-corrected chi connectivity index (χ1v) is 5.15. The van der Waals surface area contributed by atoms with Crippen LogP contribution in [0.2, 0.25) is 0 Å². The van der Waals surface area contributed by atoms with Crippen LogP contribution in [0.5, 0.6) is 0 Å². The van der Waals surface area contributed by atoms with E-state index >= 15 is 0 Å². The number of aromatic nitrogens is 3. The molecule has 1 rings (SSSR count). The Kier molecular flexibility index (Phi) is 4.85. The van der Waals surface area contributed by atoms with Crippen molar-refractivity contribution in [1.82, 2.24) is 20.3 Å². The molecular weight excluding hydrogens is 240 g/mol. The van der Waals surface area contributed by atoms with Gasteiger partial charge < -0.3 is 15.2 Å². The minimum absolute atomic E-state index is 0.0172. The molecule has 0 saturated heterocycles. The fourth-order valence-electron chi connectivity index (χ4n) is 1.22. The summed E-state index contributed by atoms with van der Waals surface area (Å²) >= 11 is 0. The predicted molar refractivity (Wildman–Crippen MR) is 60.8 cm³/mol. The quantitative estimate of drug-likeness (QED) is 0.676. The number of carbonyl (C=O) groups excluding carboxylic acids is 1. The van der Waals surface area contributed by atoms with Crippen molar-refractivity contribution < 1.29 is 19.4 Å². The molecule has 1 heterocycles. The van der Waals surface area contributed by atoms with Gasteiger partial charge in [0, 0.05) is 19.7 Å². The van der Waals surface area contributed by atoms with Crippen molar-refractivity contribution >= 4 is 12.1 Å². The SMILES string of the molecule is C=CCOC(=O)NC(Cc1cn(C)nn1)C(=O)O. The molecule has 0 spiro atoms. The van der Waals surface area contributed by atoms with E-state index in [1.807, 2.05) is 0 Å². The minimum Gasteiger partial charge on any atom is -0.480 e. The van der Waals surface area contributed by atoms with Gasteiger partial charge in [0.25, 0.3) is 0 Å². The summed E-state index contributed by atoms with van der Waals surface area (Å²) in [5.41, 5.74) is 0.467. The van der Waals surface area contributed by atoms with Gasteiger partial charge in [-0.2, -0.15) is 0 Å². The van der Waals surface area contributed by atoms with Gasteiger partial charge in [-0.05, 0) is 0 Å². The molecule has 0 aliphatic heterocycles. The molecule has 0 saturated carbocycles. The summed E-state index contributed by atoms with van der Waals surface area (Å²) < 4.78 is 6.09. The second-order valence-corrected chi connectivity index (χ2v) is 3.51. The lowest BCUT2D eigenvalue weighted by molar-refractivity contribution is -0.139. The van der Waals surface area contributed by atoms with Gasteiger partial charge in [-0.3, -0.25) is 4.68 Å². The Morgan fingerprint density at radius 2 is 2.44 bits per heavy atom. The largest absolute Gasteiger partial charge is 0.480 e. The van der Waals surface area contributed by atoms with Crippen LogP contribution in [0, 0.1) is 0 Å². The Bertz CT molecular complexity index is 443. The molecule has 0 aromatic carbocycles. The highest BCUT2D eigenvalue weighted by molar-refractivity contribution is 5.80. The van der Waals surface area contributed by atoms with Crippen LogP contribution >= 0.6 is 0 Å². The number of alkyl carbamates (subject to hydrolysis) is 1. The van der Waals surface area contributed by atoms with E-state index in [-0.39, 0.29) is 13.0 Å². The Labute approximate surface area is 103 Å². The van der Waals surface area contributed by atoms with Gasteiger partial charge in [-0.1, -0.05) is 17.9 Å². The van der Waals surface area contributed by atoms with E-state index < -0.39 is 18.1 Å². The molecule has 8 heteroatoms. The number of nitrogens with zero attached hydrogens (tertiary/aromatic N) is 3. The number of hydrogen-bond acceptors (Lipinski definition) is 5. The average molecular weight is 254 g/mol. The molecular formula is C10H14N4O4. The molecule has 1 aromatic heterocycles. The molecule has 8 nitrogen and oxygen atoms in total. The van der Waals surface area contributed by atoms with E-state index in [0.717, 1.165) is 0 Å². The lowest BCUT2D eigenvalue weighted by atomic mass is 10.2. The number of carbonyl (C=O) groups is 2. The van der Waals surface area contributed by atoms with Crippen LogP contribution in [0.15, 0.2) is 18.9 Å². The average Bonchev–Trinajstić information content (AvgIpc) is 2.71. The molecule has 1 unspecified atom stereocenters. The number of amides is 1. The maximum absolute atomic E-state index is 11.2. The van der Waals surface area contributed by atoms with Crippen LogP contribution in [-0.4, -0.2) is 44.8 Å². The number of carboxylic acid groups (broad SMARTS) is 1. The molecule has 0 fully saturated rings. The second kappa shape index (κ2) is 6.38.